The molecule has 0 radical (unpaired) electrons. The predicted molar refractivity (Wildman–Crippen MR) is 76.4 cm³/mol. The lowest BCUT2D eigenvalue weighted by atomic mass is 9.84. The topological polar surface area (TPSA) is 105 Å². The molecule has 4 N–H and O–H groups in total. The van der Waals surface area contributed by atoms with Crippen molar-refractivity contribution in [1.82, 2.24) is 4.98 Å². The van der Waals surface area contributed by atoms with E-state index < -0.39 is 17.8 Å². The summed E-state index contributed by atoms with van der Waals surface area (Å²) in [6.45, 7) is 6.24. The molecule has 0 bridgehead atoms. The Morgan fingerprint density at radius 1 is 1.40 bits per heavy atom. The normalized spacial score (nSPS) is 12.8. The molecule has 1 aromatic heterocycles. The minimum atomic E-state index is -0.849. The first-order chi connectivity index (χ1) is 9.19. The Morgan fingerprint density at radius 3 is 2.55 bits per heavy atom. The molecule has 1 unspecified atom stereocenters. The highest BCUT2D eigenvalue weighted by Crippen LogP contribution is 2.24. The van der Waals surface area contributed by atoms with Crippen molar-refractivity contribution in [3.05, 3.63) is 23.9 Å². The molecule has 0 aliphatic rings. The van der Waals surface area contributed by atoms with Gasteiger partial charge in [-0.1, -0.05) is 26.8 Å². The van der Waals surface area contributed by atoms with Gasteiger partial charge >= 0.3 is 5.97 Å². The first-order valence-corrected chi connectivity index (χ1v) is 6.42. The summed E-state index contributed by atoms with van der Waals surface area (Å²) in [5.41, 5.74) is 5.22. The minimum Gasteiger partial charge on any atom is -0.481 e. The van der Waals surface area contributed by atoms with Crippen molar-refractivity contribution in [1.29, 1.82) is 0 Å². The van der Waals surface area contributed by atoms with Crippen molar-refractivity contribution in [3.63, 3.8) is 0 Å². The number of aromatic nitrogens is 1. The van der Waals surface area contributed by atoms with Crippen LogP contribution in [-0.4, -0.2) is 28.5 Å². The van der Waals surface area contributed by atoms with Gasteiger partial charge in [0.15, 0.2) is 0 Å². The summed E-state index contributed by atoms with van der Waals surface area (Å²) in [4.78, 5) is 26.3. The zero-order valence-corrected chi connectivity index (χ0v) is 12.0. The van der Waals surface area contributed by atoms with Gasteiger partial charge in [-0.15, -0.1) is 0 Å². The highest BCUT2D eigenvalue weighted by molar-refractivity contribution is 5.91. The molecule has 0 fully saturated rings. The summed E-state index contributed by atoms with van der Waals surface area (Å²) in [5.74, 6) is -1.54. The van der Waals surface area contributed by atoms with Gasteiger partial charge in [-0.05, 0) is 24.0 Å². The maximum Gasteiger partial charge on any atom is 0.308 e. The van der Waals surface area contributed by atoms with Crippen LogP contribution >= 0.6 is 0 Å². The van der Waals surface area contributed by atoms with Crippen molar-refractivity contribution in [3.8, 4) is 0 Å². The number of nitrogens with zero attached hydrogens (tertiary/aromatic N) is 1. The van der Waals surface area contributed by atoms with Gasteiger partial charge in [-0.2, -0.15) is 0 Å². The zero-order chi connectivity index (χ0) is 15.3. The first kappa shape index (κ1) is 15.9. The smallest absolute Gasteiger partial charge is 0.308 e. The molecule has 6 heteroatoms. The standard InChI is InChI=1S/C14H21N3O3/c1-14(2,3)7-9(13(19)20)8-16-11-6-4-5-10(17-11)12(15)18/h4-6,9H,7-8H2,1-3H3,(H2,15,18)(H,16,17)(H,19,20). The molecular weight excluding hydrogens is 258 g/mol. The molecule has 0 aromatic carbocycles. The number of amides is 1. The van der Waals surface area contributed by atoms with Crippen molar-refractivity contribution in [2.45, 2.75) is 27.2 Å². The second-order valence-corrected chi connectivity index (χ2v) is 5.95. The predicted octanol–water partition coefficient (Wildman–Crippen LogP) is 1.73. The summed E-state index contributed by atoms with van der Waals surface area (Å²) in [6.07, 6.45) is 0.546. The van der Waals surface area contributed by atoms with E-state index in [0.29, 0.717) is 12.2 Å². The summed E-state index contributed by atoms with van der Waals surface area (Å²) in [6, 6.07) is 4.83. The van der Waals surface area contributed by atoms with Crippen LogP contribution in [0.15, 0.2) is 18.2 Å². The number of hydrogen-bond acceptors (Lipinski definition) is 4. The third-order valence-corrected chi connectivity index (χ3v) is 2.74. The van der Waals surface area contributed by atoms with Crippen molar-refractivity contribution >= 4 is 17.7 Å². The second-order valence-electron chi connectivity index (χ2n) is 5.95. The molecule has 0 aliphatic carbocycles. The maximum absolute atomic E-state index is 11.2. The highest BCUT2D eigenvalue weighted by Gasteiger charge is 2.24. The fourth-order valence-corrected chi connectivity index (χ4v) is 1.88. The van der Waals surface area contributed by atoms with Crippen LogP contribution in [0.2, 0.25) is 0 Å². The average Bonchev–Trinajstić information content (AvgIpc) is 2.33. The Balaban J connectivity index is 2.70. The molecule has 0 aliphatic heterocycles. The van der Waals surface area contributed by atoms with E-state index in [4.69, 9.17) is 5.73 Å². The number of carbonyl (C=O) groups is 2. The van der Waals surface area contributed by atoms with Crippen LogP contribution in [0.25, 0.3) is 0 Å². The molecule has 1 atom stereocenters. The number of hydrogen-bond donors (Lipinski definition) is 3. The van der Waals surface area contributed by atoms with E-state index in [1.807, 2.05) is 20.8 Å². The Kier molecular flexibility index (Phi) is 5.07. The van der Waals surface area contributed by atoms with Crippen molar-refractivity contribution in [2.24, 2.45) is 17.1 Å². The van der Waals surface area contributed by atoms with Crippen LogP contribution in [-0.2, 0) is 4.79 Å². The number of pyridine rings is 1. The van der Waals surface area contributed by atoms with Gasteiger partial charge in [0.05, 0.1) is 5.92 Å². The van der Waals surface area contributed by atoms with Gasteiger partial charge in [0.25, 0.3) is 5.91 Å². The average molecular weight is 279 g/mol. The van der Waals surface area contributed by atoms with Crippen LogP contribution in [0.1, 0.15) is 37.7 Å². The maximum atomic E-state index is 11.2. The van der Waals surface area contributed by atoms with E-state index in [9.17, 15) is 14.7 Å². The van der Waals surface area contributed by atoms with E-state index in [1.54, 1.807) is 12.1 Å². The molecule has 1 amide bonds. The van der Waals surface area contributed by atoms with E-state index in [2.05, 4.69) is 10.3 Å². The van der Waals surface area contributed by atoms with Gasteiger partial charge in [0.1, 0.15) is 11.5 Å². The van der Waals surface area contributed by atoms with E-state index in [0.717, 1.165) is 0 Å². The number of carboxylic acids is 1. The van der Waals surface area contributed by atoms with Gasteiger partial charge in [0, 0.05) is 6.54 Å². The number of carbonyl (C=O) groups excluding carboxylic acids is 1. The molecule has 1 rings (SSSR count). The summed E-state index contributed by atoms with van der Waals surface area (Å²) in [5, 5.41) is 12.2. The third-order valence-electron chi connectivity index (χ3n) is 2.74. The van der Waals surface area contributed by atoms with Crippen LogP contribution in [0, 0.1) is 11.3 Å². The lowest BCUT2D eigenvalue weighted by molar-refractivity contribution is -0.142. The molecule has 0 spiro atoms. The lowest BCUT2D eigenvalue weighted by Gasteiger charge is -2.23. The van der Waals surface area contributed by atoms with Gasteiger partial charge in [0.2, 0.25) is 0 Å². The largest absolute Gasteiger partial charge is 0.481 e. The molecule has 6 nitrogen and oxygen atoms in total. The number of aliphatic carboxylic acids is 1. The SMILES string of the molecule is CC(C)(C)CC(CNc1cccc(C(N)=O)n1)C(=O)O. The Bertz CT molecular complexity index is 495. The Hall–Kier alpha value is -2.11. The van der Waals surface area contributed by atoms with Crippen LogP contribution < -0.4 is 11.1 Å². The highest BCUT2D eigenvalue weighted by atomic mass is 16.4. The van der Waals surface area contributed by atoms with Crippen LogP contribution in [0.4, 0.5) is 5.82 Å². The van der Waals surface area contributed by atoms with Crippen molar-refractivity contribution < 1.29 is 14.7 Å². The fourth-order valence-electron chi connectivity index (χ4n) is 1.88. The summed E-state index contributed by atoms with van der Waals surface area (Å²) < 4.78 is 0. The lowest BCUT2D eigenvalue weighted by Crippen LogP contribution is -2.27. The van der Waals surface area contributed by atoms with Crippen LogP contribution in [0.5, 0.6) is 0 Å². The Labute approximate surface area is 118 Å². The molecule has 110 valence electrons. The fraction of sp³-hybridized carbons (Fsp3) is 0.500. The van der Waals surface area contributed by atoms with Crippen molar-refractivity contribution in [2.75, 3.05) is 11.9 Å². The number of nitrogens with one attached hydrogen (secondary N) is 1. The number of anilines is 1. The number of carboxylic acid groups (broad SMARTS) is 1. The molecule has 1 aromatic rings. The van der Waals surface area contributed by atoms with Gasteiger partial charge in [-0.25, -0.2) is 4.98 Å². The molecule has 20 heavy (non-hydrogen) atoms. The summed E-state index contributed by atoms with van der Waals surface area (Å²) in [7, 11) is 0. The molecular formula is C14H21N3O3. The van der Waals surface area contributed by atoms with Gasteiger partial charge in [-0.3, -0.25) is 9.59 Å². The third kappa shape index (κ3) is 5.26. The molecule has 0 saturated carbocycles. The molecule has 0 saturated heterocycles. The monoisotopic (exact) mass is 279 g/mol. The number of rotatable bonds is 6. The number of primary amides is 1. The second kappa shape index (κ2) is 6.36. The zero-order valence-electron chi connectivity index (χ0n) is 12.0. The Morgan fingerprint density at radius 2 is 2.05 bits per heavy atom. The summed E-state index contributed by atoms with van der Waals surface area (Å²) >= 11 is 0. The first-order valence-electron chi connectivity index (χ1n) is 6.42. The van der Waals surface area contributed by atoms with E-state index in [1.165, 1.54) is 6.07 Å². The van der Waals surface area contributed by atoms with E-state index in [-0.39, 0.29) is 17.7 Å². The quantitative estimate of drug-likeness (QED) is 0.735. The number of nitrogens with two attached hydrogens (primary N) is 1. The van der Waals surface area contributed by atoms with Gasteiger partial charge < -0.3 is 16.2 Å². The van der Waals surface area contributed by atoms with E-state index >= 15 is 0 Å². The molecule has 1 heterocycles. The van der Waals surface area contributed by atoms with Crippen LogP contribution in [0.3, 0.4) is 0 Å². The minimum absolute atomic E-state index is 0.0762.